The van der Waals surface area contributed by atoms with Crippen molar-refractivity contribution in [3.63, 3.8) is 0 Å². The number of nitrogens with two attached hydrogens (primary N) is 1. The zero-order chi connectivity index (χ0) is 15.0. The van der Waals surface area contributed by atoms with E-state index in [2.05, 4.69) is 0 Å². The Kier molecular flexibility index (Phi) is 4.75. The van der Waals surface area contributed by atoms with E-state index in [9.17, 15) is 16.8 Å². The van der Waals surface area contributed by atoms with Crippen LogP contribution in [0.15, 0.2) is 0 Å². The number of hydrogen-bond acceptors (Lipinski definition) is 5. The van der Waals surface area contributed by atoms with Crippen LogP contribution >= 0.6 is 0 Å². The van der Waals surface area contributed by atoms with Crippen LogP contribution in [0.1, 0.15) is 25.7 Å². The molecule has 2 atom stereocenters. The Labute approximate surface area is 121 Å². The molecule has 0 amide bonds. The molecule has 0 radical (unpaired) electrons. The molecule has 2 heterocycles. The average molecular weight is 325 g/mol. The summed E-state index contributed by atoms with van der Waals surface area (Å²) in [6.45, 7) is 0.768. The topological polar surface area (TPSA) is 101 Å². The lowest BCUT2D eigenvalue weighted by Crippen LogP contribution is -2.54. The average Bonchev–Trinajstić information content (AvgIpc) is 2.78. The summed E-state index contributed by atoms with van der Waals surface area (Å²) in [4.78, 5) is 0. The summed E-state index contributed by atoms with van der Waals surface area (Å²) in [5.41, 5.74) is 5.67. The van der Waals surface area contributed by atoms with Crippen LogP contribution in [0.5, 0.6) is 0 Å². The van der Waals surface area contributed by atoms with Gasteiger partial charge in [0.2, 0.25) is 0 Å². The van der Waals surface area contributed by atoms with Crippen molar-refractivity contribution in [2.75, 3.05) is 31.6 Å². The van der Waals surface area contributed by atoms with Crippen LogP contribution in [0.4, 0.5) is 0 Å². The molecule has 0 aromatic rings. The lowest BCUT2D eigenvalue weighted by molar-refractivity contribution is 0.233. The van der Waals surface area contributed by atoms with Crippen LogP contribution < -0.4 is 5.73 Å². The van der Waals surface area contributed by atoms with E-state index in [-0.39, 0.29) is 17.5 Å². The Morgan fingerprint density at radius 3 is 2.55 bits per heavy atom. The predicted molar refractivity (Wildman–Crippen MR) is 77.1 cm³/mol. The molecule has 2 rings (SSSR count). The van der Waals surface area contributed by atoms with Crippen molar-refractivity contribution in [3.8, 4) is 0 Å². The van der Waals surface area contributed by atoms with Crippen LogP contribution in [0.25, 0.3) is 0 Å². The molecule has 2 unspecified atom stereocenters. The maximum Gasteiger partial charge on any atom is 0.282 e. The Morgan fingerprint density at radius 2 is 2.00 bits per heavy atom. The van der Waals surface area contributed by atoms with Gasteiger partial charge in [-0.05, 0) is 19.3 Å². The molecule has 2 aliphatic rings. The largest absolute Gasteiger partial charge is 0.329 e. The van der Waals surface area contributed by atoms with Gasteiger partial charge in [-0.15, -0.1) is 0 Å². The smallest absolute Gasteiger partial charge is 0.282 e. The molecule has 7 nitrogen and oxygen atoms in total. The lowest BCUT2D eigenvalue weighted by atomic mass is 10.1. The SMILES string of the molecule is CN(C1CCS(=O)(=O)C1)S(=O)(=O)N1CCCCC1CN. The molecular formula is C11H23N3O4S2. The second-order valence-electron chi connectivity index (χ2n) is 5.58. The fourth-order valence-corrected chi connectivity index (χ4v) is 6.61. The highest BCUT2D eigenvalue weighted by molar-refractivity contribution is 7.91. The molecule has 118 valence electrons. The van der Waals surface area contributed by atoms with Gasteiger partial charge in [-0.3, -0.25) is 0 Å². The molecular weight excluding hydrogens is 302 g/mol. The summed E-state index contributed by atoms with van der Waals surface area (Å²) in [5.74, 6) is -0.0122. The van der Waals surface area contributed by atoms with Crippen molar-refractivity contribution in [1.82, 2.24) is 8.61 Å². The molecule has 0 aliphatic carbocycles. The van der Waals surface area contributed by atoms with E-state index in [1.165, 1.54) is 15.7 Å². The second-order valence-corrected chi connectivity index (χ2v) is 9.75. The van der Waals surface area contributed by atoms with Crippen molar-refractivity contribution < 1.29 is 16.8 Å². The summed E-state index contributed by atoms with van der Waals surface area (Å²) in [5, 5.41) is 0. The minimum Gasteiger partial charge on any atom is -0.329 e. The first kappa shape index (κ1) is 16.2. The first-order chi connectivity index (χ1) is 9.28. The lowest BCUT2D eigenvalue weighted by Gasteiger charge is -2.37. The summed E-state index contributed by atoms with van der Waals surface area (Å²) in [6, 6.07) is -0.625. The number of hydrogen-bond donors (Lipinski definition) is 1. The summed E-state index contributed by atoms with van der Waals surface area (Å²) in [7, 11) is -5.26. The van der Waals surface area contributed by atoms with Crippen molar-refractivity contribution in [2.24, 2.45) is 5.73 Å². The highest BCUT2D eigenvalue weighted by Crippen LogP contribution is 2.25. The van der Waals surface area contributed by atoms with Gasteiger partial charge >= 0.3 is 0 Å². The highest BCUT2D eigenvalue weighted by Gasteiger charge is 2.40. The first-order valence-corrected chi connectivity index (χ1v) is 10.1. The van der Waals surface area contributed by atoms with Crippen molar-refractivity contribution >= 4 is 20.0 Å². The monoisotopic (exact) mass is 325 g/mol. The minimum atomic E-state index is -3.63. The van der Waals surface area contributed by atoms with Crippen molar-refractivity contribution in [2.45, 2.75) is 37.8 Å². The highest BCUT2D eigenvalue weighted by atomic mass is 32.2. The Hall–Kier alpha value is -0.220. The van der Waals surface area contributed by atoms with Crippen LogP contribution in [-0.2, 0) is 20.0 Å². The van der Waals surface area contributed by atoms with Gasteiger partial charge in [0.25, 0.3) is 10.2 Å². The summed E-state index contributed by atoms with van der Waals surface area (Å²) >= 11 is 0. The fourth-order valence-electron chi connectivity index (χ4n) is 2.93. The van der Waals surface area contributed by atoms with Gasteiger partial charge < -0.3 is 5.73 Å². The number of nitrogens with zero attached hydrogens (tertiary/aromatic N) is 2. The Bertz CT molecular complexity index is 546. The molecule has 0 saturated carbocycles. The summed E-state index contributed by atoms with van der Waals surface area (Å²) in [6.07, 6.45) is 2.95. The van der Waals surface area contributed by atoms with Crippen LogP contribution in [0.3, 0.4) is 0 Å². The van der Waals surface area contributed by atoms with E-state index >= 15 is 0 Å². The Morgan fingerprint density at radius 1 is 1.30 bits per heavy atom. The molecule has 0 bridgehead atoms. The quantitative estimate of drug-likeness (QED) is 0.726. The summed E-state index contributed by atoms with van der Waals surface area (Å²) < 4.78 is 51.0. The number of piperidine rings is 1. The van der Waals surface area contributed by atoms with Gasteiger partial charge in [0.05, 0.1) is 11.5 Å². The van der Waals surface area contributed by atoms with Crippen molar-refractivity contribution in [3.05, 3.63) is 0 Å². The fraction of sp³-hybridized carbons (Fsp3) is 1.00. The van der Waals surface area contributed by atoms with Crippen LogP contribution in [0.2, 0.25) is 0 Å². The predicted octanol–water partition coefficient (Wildman–Crippen LogP) is -0.837. The molecule has 2 saturated heterocycles. The maximum absolute atomic E-state index is 12.7. The van der Waals surface area contributed by atoms with E-state index in [0.717, 1.165) is 19.3 Å². The van der Waals surface area contributed by atoms with Gasteiger partial charge in [0.1, 0.15) is 0 Å². The van der Waals surface area contributed by atoms with Gasteiger partial charge in [0, 0.05) is 32.2 Å². The van der Waals surface area contributed by atoms with E-state index in [1.807, 2.05) is 0 Å². The number of sulfone groups is 1. The molecule has 9 heteroatoms. The zero-order valence-corrected chi connectivity index (χ0v) is 13.4. The van der Waals surface area contributed by atoms with E-state index in [1.54, 1.807) is 0 Å². The molecule has 0 spiro atoms. The molecule has 2 fully saturated rings. The zero-order valence-electron chi connectivity index (χ0n) is 11.7. The minimum absolute atomic E-state index is 0.0673. The first-order valence-electron chi connectivity index (χ1n) is 6.93. The maximum atomic E-state index is 12.7. The van der Waals surface area contributed by atoms with Gasteiger partial charge in [0.15, 0.2) is 9.84 Å². The van der Waals surface area contributed by atoms with Gasteiger partial charge in [-0.1, -0.05) is 6.42 Å². The van der Waals surface area contributed by atoms with E-state index in [4.69, 9.17) is 5.73 Å². The molecule has 20 heavy (non-hydrogen) atoms. The van der Waals surface area contributed by atoms with Crippen LogP contribution in [-0.4, -0.2) is 69.2 Å². The number of rotatable bonds is 4. The molecule has 0 aromatic carbocycles. The van der Waals surface area contributed by atoms with Crippen molar-refractivity contribution in [1.29, 1.82) is 0 Å². The molecule has 0 aromatic heterocycles. The third-order valence-corrected chi connectivity index (χ3v) is 8.08. The van der Waals surface area contributed by atoms with Crippen LogP contribution in [0, 0.1) is 0 Å². The molecule has 2 aliphatic heterocycles. The molecule has 2 N–H and O–H groups in total. The van der Waals surface area contributed by atoms with E-state index < -0.39 is 26.1 Å². The standard InChI is InChI=1S/C11H23N3O4S2/c1-13(11-5-7-19(15,16)9-11)20(17,18)14-6-3-2-4-10(14)8-12/h10-11H,2-9,12H2,1H3. The third kappa shape index (κ3) is 3.16. The normalized spacial score (nSPS) is 31.8. The van der Waals surface area contributed by atoms with Gasteiger partial charge in [-0.25, -0.2) is 8.42 Å². The van der Waals surface area contributed by atoms with Gasteiger partial charge in [-0.2, -0.15) is 17.0 Å². The van der Waals surface area contributed by atoms with E-state index in [0.29, 0.717) is 19.5 Å². The second kappa shape index (κ2) is 5.88. The Balaban J connectivity index is 2.17. The third-order valence-electron chi connectivity index (χ3n) is 4.23.